The number of rotatable bonds is 3. The molecule has 1 amide bonds. The third-order valence-electron chi connectivity index (χ3n) is 2.95. The molecule has 1 aliphatic heterocycles. The van der Waals surface area contributed by atoms with Gasteiger partial charge in [-0.15, -0.1) is 0 Å². The second kappa shape index (κ2) is 5.66. The molecule has 2 N–H and O–H groups in total. The van der Waals surface area contributed by atoms with Crippen molar-refractivity contribution in [3.63, 3.8) is 0 Å². The molecule has 0 saturated carbocycles. The van der Waals surface area contributed by atoms with Crippen molar-refractivity contribution in [1.82, 2.24) is 10.2 Å². The number of nitrogens with zero attached hydrogens (tertiary/aromatic N) is 1. The van der Waals surface area contributed by atoms with Gasteiger partial charge in [-0.1, -0.05) is 15.9 Å². The number of nitrogens with one attached hydrogen (secondary N) is 1. The number of carbonyl (C=O) groups is 2. The lowest BCUT2D eigenvalue weighted by molar-refractivity contribution is -0.146. The molecule has 1 fully saturated rings. The largest absolute Gasteiger partial charge is 0.480 e. The van der Waals surface area contributed by atoms with Crippen molar-refractivity contribution in [2.75, 3.05) is 13.1 Å². The highest BCUT2D eigenvalue weighted by atomic mass is 79.9. The Kier molecular flexibility index (Phi) is 4.16. The number of amides is 1. The Bertz CT molecular complexity index is 524. The van der Waals surface area contributed by atoms with E-state index in [-0.39, 0.29) is 25.5 Å². The third kappa shape index (κ3) is 3.30. The van der Waals surface area contributed by atoms with E-state index in [1.165, 1.54) is 17.0 Å². The molecule has 1 atom stereocenters. The number of hydrogen-bond acceptors (Lipinski definition) is 3. The van der Waals surface area contributed by atoms with E-state index < -0.39 is 17.8 Å². The summed E-state index contributed by atoms with van der Waals surface area (Å²) in [5, 5.41) is 11.6. The van der Waals surface area contributed by atoms with Crippen molar-refractivity contribution < 1.29 is 19.1 Å². The summed E-state index contributed by atoms with van der Waals surface area (Å²) < 4.78 is 13.9. The van der Waals surface area contributed by atoms with E-state index >= 15 is 0 Å². The van der Waals surface area contributed by atoms with Crippen LogP contribution in [0.4, 0.5) is 4.39 Å². The van der Waals surface area contributed by atoms with Crippen LogP contribution in [0.3, 0.4) is 0 Å². The average molecular weight is 331 g/mol. The molecule has 1 heterocycles. The van der Waals surface area contributed by atoms with Crippen LogP contribution in [0.5, 0.6) is 0 Å². The first-order chi connectivity index (χ1) is 8.97. The van der Waals surface area contributed by atoms with Crippen LogP contribution in [-0.4, -0.2) is 41.0 Å². The Morgan fingerprint density at radius 3 is 3.00 bits per heavy atom. The van der Waals surface area contributed by atoms with Crippen molar-refractivity contribution in [3.05, 3.63) is 34.1 Å². The van der Waals surface area contributed by atoms with Crippen LogP contribution >= 0.6 is 15.9 Å². The number of hydrogen-bond donors (Lipinski definition) is 2. The van der Waals surface area contributed by atoms with E-state index in [0.717, 1.165) is 0 Å². The number of halogens is 2. The van der Waals surface area contributed by atoms with Crippen LogP contribution in [-0.2, 0) is 16.1 Å². The molecule has 1 aliphatic rings. The van der Waals surface area contributed by atoms with E-state index in [1.807, 2.05) is 0 Å². The van der Waals surface area contributed by atoms with Gasteiger partial charge in [0.25, 0.3) is 0 Å². The summed E-state index contributed by atoms with van der Waals surface area (Å²) in [6, 6.07) is 3.40. The molecule has 1 aromatic rings. The van der Waals surface area contributed by atoms with Crippen molar-refractivity contribution in [2.45, 2.75) is 12.6 Å². The highest BCUT2D eigenvalue weighted by Crippen LogP contribution is 2.21. The second-order valence-corrected chi connectivity index (χ2v) is 5.15. The molecule has 1 unspecified atom stereocenters. The van der Waals surface area contributed by atoms with Gasteiger partial charge in [-0.2, -0.15) is 0 Å². The summed E-state index contributed by atoms with van der Waals surface area (Å²) in [5.74, 6) is -1.64. The van der Waals surface area contributed by atoms with E-state index in [2.05, 4.69) is 21.2 Å². The van der Waals surface area contributed by atoms with Crippen molar-refractivity contribution in [3.8, 4) is 0 Å². The van der Waals surface area contributed by atoms with E-state index in [4.69, 9.17) is 5.11 Å². The van der Waals surface area contributed by atoms with Gasteiger partial charge in [0.15, 0.2) is 0 Å². The van der Waals surface area contributed by atoms with Crippen LogP contribution in [0.15, 0.2) is 22.7 Å². The maximum Gasteiger partial charge on any atom is 0.322 e. The summed E-state index contributed by atoms with van der Waals surface area (Å²) in [5.41, 5.74) is 0.612. The number of carboxylic acid groups (broad SMARTS) is 1. The molecule has 1 saturated heterocycles. The minimum Gasteiger partial charge on any atom is -0.480 e. The monoisotopic (exact) mass is 330 g/mol. The van der Waals surface area contributed by atoms with E-state index in [1.54, 1.807) is 6.07 Å². The Hall–Kier alpha value is -1.47. The fourth-order valence-electron chi connectivity index (χ4n) is 1.98. The number of benzene rings is 1. The summed E-state index contributed by atoms with van der Waals surface area (Å²) in [7, 11) is 0. The molecular formula is C12H12BrFN2O3. The van der Waals surface area contributed by atoms with Gasteiger partial charge in [0.05, 0.1) is 6.54 Å². The fraction of sp³-hybridized carbons (Fsp3) is 0.333. The van der Waals surface area contributed by atoms with Gasteiger partial charge in [0.2, 0.25) is 5.91 Å². The molecule has 0 radical (unpaired) electrons. The lowest BCUT2D eigenvalue weighted by Crippen LogP contribution is -2.56. The number of carboxylic acids is 1. The number of piperazine rings is 1. The molecule has 1 aromatic carbocycles. The Balaban J connectivity index is 2.20. The summed E-state index contributed by atoms with van der Waals surface area (Å²) >= 11 is 3.29. The van der Waals surface area contributed by atoms with Crippen molar-refractivity contribution in [1.29, 1.82) is 0 Å². The zero-order valence-corrected chi connectivity index (χ0v) is 11.5. The van der Waals surface area contributed by atoms with Gasteiger partial charge < -0.3 is 10.4 Å². The standard InChI is InChI=1S/C12H12BrFN2O3/c13-9-2-1-8(14)3-7(9)5-16-6-11(17)15-4-10(16)12(18)19/h1-3,10H,4-6H2,(H,15,17)(H,18,19). The summed E-state index contributed by atoms with van der Waals surface area (Å²) in [4.78, 5) is 24.0. The predicted octanol–water partition coefficient (Wildman–Crippen LogP) is 0.973. The van der Waals surface area contributed by atoms with Gasteiger partial charge >= 0.3 is 5.97 Å². The first kappa shape index (κ1) is 14.0. The van der Waals surface area contributed by atoms with Crippen LogP contribution in [0.2, 0.25) is 0 Å². The molecule has 0 bridgehead atoms. The van der Waals surface area contributed by atoms with Crippen LogP contribution in [0.1, 0.15) is 5.56 Å². The first-order valence-electron chi connectivity index (χ1n) is 5.65. The highest BCUT2D eigenvalue weighted by molar-refractivity contribution is 9.10. The first-order valence-corrected chi connectivity index (χ1v) is 6.44. The molecule has 2 rings (SSSR count). The minimum atomic E-state index is -1.01. The topological polar surface area (TPSA) is 69.6 Å². The second-order valence-electron chi connectivity index (χ2n) is 4.30. The maximum absolute atomic E-state index is 13.2. The molecule has 7 heteroatoms. The molecule has 0 aliphatic carbocycles. The number of aliphatic carboxylic acids is 1. The maximum atomic E-state index is 13.2. The van der Waals surface area contributed by atoms with Gasteiger partial charge in [-0.25, -0.2) is 4.39 Å². The van der Waals surface area contributed by atoms with Gasteiger partial charge in [0, 0.05) is 17.6 Å². The Labute approximate surface area is 117 Å². The zero-order chi connectivity index (χ0) is 14.0. The molecule has 0 spiro atoms. The Morgan fingerprint density at radius 1 is 1.58 bits per heavy atom. The Morgan fingerprint density at radius 2 is 2.32 bits per heavy atom. The normalized spacial score (nSPS) is 20.1. The average Bonchev–Trinajstić information content (AvgIpc) is 2.33. The van der Waals surface area contributed by atoms with Gasteiger partial charge in [0.1, 0.15) is 11.9 Å². The van der Waals surface area contributed by atoms with Crippen molar-refractivity contribution >= 4 is 27.8 Å². The quantitative estimate of drug-likeness (QED) is 0.866. The number of carbonyl (C=O) groups excluding carboxylic acids is 1. The summed E-state index contributed by atoms with van der Waals surface area (Å²) in [6.07, 6.45) is 0. The van der Waals surface area contributed by atoms with E-state index in [0.29, 0.717) is 10.0 Å². The highest BCUT2D eigenvalue weighted by Gasteiger charge is 2.32. The lowest BCUT2D eigenvalue weighted by Gasteiger charge is -2.32. The molecule has 5 nitrogen and oxygen atoms in total. The zero-order valence-electron chi connectivity index (χ0n) is 9.90. The van der Waals surface area contributed by atoms with Gasteiger partial charge in [-0.3, -0.25) is 14.5 Å². The summed E-state index contributed by atoms with van der Waals surface area (Å²) in [6.45, 7) is 0.240. The fourth-order valence-corrected chi connectivity index (χ4v) is 2.36. The van der Waals surface area contributed by atoms with Gasteiger partial charge in [-0.05, 0) is 23.8 Å². The van der Waals surface area contributed by atoms with Crippen LogP contribution in [0, 0.1) is 5.82 Å². The van der Waals surface area contributed by atoms with E-state index in [9.17, 15) is 14.0 Å². The van der Waals surface area contributed by atoms with Crippen molar-refractivity contribution in [2.24, 2.45) is 0 Å². The third-order valence-corrected chi connectivity index (χ3v) is 3.72. The minimum absolute atomic E-state index is 0.0140. The molecule has 0 aromatic heterocycles. The molecule has 19 heavy (non-hydrogen) atoms. The molecular weight excluding hydrogens is 319 g/mol. The van der Waals surface area contributed by atoms with Crippen LogP contribution < -0.4 is 5.32 Å². The predicted molar refractivity (Wildman–Crippen MR) is 68.9 cm³/mol. The smallest absolute Gasteiger partial charge is 0.322 e. The molecule has 102 valence electrons. The SMILES string of the molecule is O=C1CN(Cc2cc(F)ccc2Br)C(C(=O)O)CN1. The van der Waals surface area contributed by atoms with Crippen LogP contribution in [0.25, 0.3) is 0 Å². The lowest BCUT2D eigenvalue weighted by atomic mass is 10.1.